The third kappa shape index (κ3) is 4.00. The molecule has 1 atom stereocenters. The quantitative estimate of drug-likeness (QED) is 0.828. The van der Waals surface area contributed by atoms with Crippen LogP contribution < -0.4 is 0 Å². The third-order valence-electron chi connectivity index (χ3n) is 3.92. The number of rotatable bonds is 4. The van der Waals surface area contributed by atoms with Crippen LogP contribution in [0, 0.1) is 0 Å². The Hall–Kier alpha value is -1.56. The zero-order valence-electron chi connectivity index (χ0n) is 12.5. The van der Waals surface area contributed by atoms with Gasteiger partial charge >= 0.3 is 5.97 Å². The second kappa shape index (κ2) is 7.63. The molecular formula is C16H20BrNO4. The number of nitrogens with zero attached hydrogens (tertiary/aromatic N) is 1. The van der Waals surface area contributed by atoms with E-state index in [2.05, 4.69) is 22.9 Å². The van der Waals surface area contributed by atoms with Crippen molar-refractivity contribution in [3.05, 3.63) is 28.2 Å². The number of carbonyl (C=O) groups excluding carboxylic acids is 2. The van der Waals surface area contributed by atoms with E-state index < -0.39 is 5.97 Å². The van der Waals surface area contributed by atoms with Crippen molar-refractivity contribution >= 4 is 27.8 Å². The predicted octanol–water partition coefficient (Wildman–Crippen LogP) is 3.10. The number of phenolic OH excluding ortho intramolecular Hbond substituents is 1. The first-order valence-corrected chi connectivity index (χ1v) is 8.27. The standard InChI is InChI=1S/C16H20BrNO4/c1-2-12-5-3-4-8-18(12)15(20)10-22-16(21)13-9-11(17)6-7-14(13)19/h6-7,9,12,19H,2-5,8,10H2,1H3/t12-/m0/s1. The van der Waals surface area contributed by atoms with E-state index in [1.165, 1.54) is 12.1 Å². The van der Waals surface area contributed by atoms with Gasteiger partial charge in [0.2, 0.25) is 0 Å². The average Bonchev–Trinajstić information content (AvgIpc) is 2.54. The number of phenols is 1. The molecule has 1 aliphatic heterocycles. The molecule has 0 bridgehead atoms. The molecule has 1 aromatic rings. The number of amides is 1. The minimum atomic E-state index is -0.697. The number of ether oxygens (including phenoxy) is 1. The van der Waals surface area contributed by atoms with Crippen molar-refractivity contribution in [3.8, 4) is 5.75 Å². The second-order valence-electron chi connectivity index (χ2n) is 5.38. The van der Waals surface area contributed by atoms with E-state index in [4.69, 9.17) is 4.74 Å². The molecule has 0 saturated carbocycles. The van der Waals surface area contributed by atoms with Crippen LogP contribution in [0.3, 0.4) is 0 Å². The van der Waals surface area contributed by atoms with Gasteiger partial charge in [0, 0.05) is 17.1 Å². The Labute approximate surface area is 138 Å². The van der Waals surface area contributed by atoms with Crippen LogP contribution in [-0.4, -0.2) is 41.1 Å². The topological polar surface area (TPSA) is 66.8 Å². The van der Waals surface area contributed by atoms with E-state index in [0.29, 0.717) is 4.47 Å². The average molecular weight is 370 g/mol. The fourth-order valence-corrected chi connectivity index (χ4v) is 3.07. The van der Waals surface area contributed by atoms with Crippen LogP contribution in [0.15, 0.2) is 22.7 Å². The summed E-state index contributed by atoms with van der Waals surface area (Å²) in [6.07, 6.45) is 4.03. The molecule has 2 rings (SSSR count). The summed E-state index contributed by atoms with van der Waals surface area (Å²) < 4.78 is 5.72. The Morgan fingerprint density at radius 2 is 2.18 bits per heavy atom. The molecule has 1 aromatic carbocycles. The van der Waals surface area contributed by atoms with Crippen LogP contribution >= 0.6 is 15.9 Å². The summed E-state index contributed by atoms with van der Waals surface area (Å²) in [5.74, 6) is -1.03. The zero-order valence-corrected chi connectivity index (χ0v) is 14.1. The lowest BCUT2D eigenvalue weighted by Crippen LogP contribution is -2.45. The Kier molecular flexibility index (Phi) is 5.83. The number of halogens is 1. The van der Waals surface area contributed by atoms with E-state index in [-0.39, 0.29) is 29.9 Å². The van der Waals surface area contributed by atoms with Gasteiger partial charge in [0.15, 0.2) is 6.61 Å². The normalized spacial score (nSPS) is 18.1. The fraction of sp³-hybridized carbons (Fsp3) is 0.500. The number of piperidine rings is 1. The number of hydrogen-bond acceptors (Lipinski definition) is 4. The summed E-state index contributed by atoms with van der Waals surface area (Å²) in [7, 11) is 0. The van der Waals surface area contributed by atoms with Crippen LogP contribution in [-0.2, 0) is 9.53 Å². The number of hydrogen-bond donors (Lipinski definition) is 1. The van der Waals surface area contributed by atoms with Crippen LogP contribution in [0.5, 0.6) is 5.75 Å². The maximum Gasteiger partial charge on any atom is 0.342 e. The monoisotopic (exact) mass is 369 g/mol. The number of likely N-dealkylation sites (tertiary alicyclic amines) is 1. The van der Waals surface area contributed by atoms with E-state index in [0.717, 1.165) is 32.2 Å². The predicted molar refractivity (Wildman–Crippen MR) is 85.7 cm³/mol. The van der Waals surface area contributed by atoms with Gasteiger partial charge in [-0.15, -0.1) is 0 Å². The molecule has 0 aromatic heterocycles. The van der Waals surface area contributed by atoms with Gasteiger partial charge in [-0.25, -0.2) is 4.79 Å². The van der Waals surface area contributed by atoms with E-state index >= 15 is 0 Å². The largest absolute Gasteiger partial charge is 0.507 e. The number of benzene rings is 1. The highest BCUT2D eigenvalue weighted by Gasteiger charge is 2.26. The Morgan fingerprint density at radius 3 is 2.91 bits per heavy atom. The Morgan fingerprint density at radius 1 is 1.41 bits per heavy atom. The van der Waals surface area contributed by atoms with Gasteiger partial charge < -0.3 is 14.7 Å². The first-order valence-electron chi connectivity index (χ1n) is 7.48. The molecule has 1 fully saturated rings. The molecule has 1 heterocycles. The molecule has 22 heavy (non-hydrogen) atoms. The first-order chi connectivity index (χ1) is 10.5. The van der Waals surface area contributed by atoms with Gasteiger partial charge in [-0.3, -0.25) is 4.79 Å². The fourth-order valence-electron chi connectivity index (χ4n) is 2.71. The van der Waals surface area contributed by atoms with Crippen molar-refractivity contribution in [2.24, 2.45) is 0 Å². The molecule has 1 N–H and O–H groups in total. The van der Waals surface area contributed by atoms with Crippen LogP contribution in [0.2, 0.25) is 0 Å². The van der Waals surface area contributed by atoms with Gasteiger partial charge in [0.25, 0.3) is 5.91 Å². The van der Waals surface area contributed by atoms with Gasteiger partial charge in [-0.2, -0.15) is 0 Å². The van der Waals surface area contributed by atoms with Crippen LogP contribution in [0.25, 0.3) is 0 Å². The zero-order chi connectivity index (χ0) is 16.1. The Bertz CT molecular complexity index is 561. The summed E-state index contributed by atoms with van der Waals surface area (Å²) in [5.41, 5.74) is 0.0489. The molecule has 1 saturated heterocycles. The number of esters is 1. The summed E-state index contributed by atoms with van der Waals surface area (Å²) >= 11 is 3.23. The van der Waals surface area contributed by atoms with E-state index in [9.17, 15) is 14.7 Å². The van der Waals surface area contributed by atoms with Crippen molar-refractivity contribution < 1.29 is 19.4 Å². The number of aromatic hydroxyl groups is 1. The molecule has 1 amide bonds. The molecule has 1 aliphatic rings. The maximum atomic E-state index is 12.2. The summed E-state index contributed by atoms with van der Waals surface area (Å²) in [5, 5.41) is 9.68. The van der Waals surface area contributed by atoms with Crippen LogP contribution in [0.1, 0.15) is 43.0 Å². The van der Waals surface area contributed by atoms with Crippen molar-refractivity contribution in [2.75, 3.05) is 13.2 Å². The van der Waals surface area contributed by atoms with Gasteiger partial charge in [0.05, 0.1) is 0 Å². The van der Waals surface area contributed by atoms with Crippen molar-refractivity contribution in [3.63, 3.8) is 0 Å². The summed E-state index contributed by atoms with van der Waals surface area (Å²) in [4.78, 5) is 26.0. The van der Waals surface area contributed by atoms with Gasteiger partial charge in [-0.1, -0.05) is 22.9 Å². The highest BCUT2D eigenvalue weighted by molar-refractivity contribution is 9.10. The lowest BCUT2D eigenvalue weighted by atomic mass is 10.00. The smallest absolute Gasteiger partial charge is 0.342 e. The van der Waals surface area contributed by atoms with E-state index in [1.54, 1.807) is 11.0 Å². The minimum Gasteiger partial charge on any atom is -0.507 e. The van der Waals surface area contributed by atoms with Gasteiger partial charge in [-0.05, 0) is 43.9 Å². The highest BCUT2D eigenvalue weighted by atomic mass is 79.9. The summed E-state index contributed by atoms with van der Waals surface area (Å²) in [6.45, 7) is 2.49. The summed E-state index contributed by atoms with van der Waals surface area (Å²) in [6, 6.07) is 4.73. The van der Waals surface area contributed by atoms with E-state index in [1.807, 2.05) is 0 Å². The number of carbonyl (C=O) groups is 2. The molecule has 0 radical (unpaired) electrons. The SMILES string of the molecule is CC[C@H]1CCCCN1C(=O)COC(=O)c1cc(Br)ccc1O. The Balaban J connectivity index is 1.95. The van der Waals surface area contributed by atoms with Crippen molar-refractivity contribution in [1.82, 2.24) is 4.90 Å². The lowest BCUT2D eigenvalue weighted by Gasteiger charge is -2.35. The molecule has 5 nitrogen and oxygen atoms in total. The molecule has 0 aliphatic carbocycles. The van der Waals surface area contributed by atoms with Crippen molar-refractivity contribution in [2.45, 2.75) is 38.6 Å². The molecular weight excluding hydrogens is 350 g/mol. The van der Waals surface area contributed by atoms with Crippen molar-refractivity contribution in [1.29, 1.82) is 0 Å². The van der Waals surface area contributed by atoms with Crippen LogP contribution in [0.4, 0.5) is 0 Å². The molecule has 6 heteroatoms. The first kappa shape index (κ1) is 16.8. The van der Waals surface area contributed by atoms with Gasteiger partial charge in [0.1, 0.15) is 11.3 Å². The molecule has 120 valence electrons. The lowest BCUT2D eigenvalue weighted by molar-refractivity contribution is -0.138. The molecule has 0 unspecified atom stereocenters. The molecule has 0 spiro atoms. The second-order valence-corrected chi connectivity index (χ2v) is 6.30. The maximum absolute atomic E-state index is 12.2. The third-order valence-corrected chi connectivity index (χ3v) is 4.42. The minimum absolute atomic E-state index is 0.0489. The highest BCUT2D eigenvalue weighted by Crippen LogP contribution is 2.23.